The summed E-state index contributed by atoms with van der Waals surface area (Å²) in [7, 11) is -2.02. The van der Waals surface area contributed by atoms with Gasteiger partial charge in [-0.15, -0.1) is 0 Å². The Kier molecular flexibility index (Phi) is 3.20. The van der Waals surface area contributed by atoms with Gasteiger partial charge >= 0.3 is 0 Å². The number of nitrogens with one attached hydrogen (secondary N) is 1. The average molecular weight is 221 g/mol. The molecule has 0 aliphatic carbocycles. The molecule has 1 rings (SSSR count). The molecular weight excluding hydrogens is 202 g/mol. The Bertz CT molecular complexity index is 298. The fourth-order valence-electron chi connectivity index (χ4n) is 1.79. The van der Waals surface area contributed by atoms with Crippen LogP contribution in [0.15, 0.2) is 0 Å². The number of nitrogens with zero attached hydrogens (tertiary/aromatic N) is 1. The summed E-state index contributed by atoms with van der Waals surface area (Å²) in [6.07, 6.45) is 0.840. The molecule has 0 aromatic heterocycles. The summed E-state index contributed by atoms with van der Waals surface area (Å²) in [5, 5.41) is 8.23. The summed E-state index contributed by atoms with van der Waals surface area (Å²) < 4.78 is 23.3. The van der Waals surface area contributed by atoms with Gasteiger partial charge in [0.2, 0.25) is 0 Å². The maximum atomic E-state index is 11.1. The standard InChI is InChI=1S/C8H19N3O2S/c1-7(11(3)14(9,12)13)4-8(2)5-10-6-8/h7,10H,4-6H2,1-3H3,(H2,9,12,13). The molecule has 1 saturated heterocycles. The molecule has 0 spiro atoms. The summed E-state index contributed by atoms with van der Waals surface area (Å²) in [6.45, 7) is 5.94. The molecule has 1 aliphatic heterocycles. The Morgan fingerprint density at radius 3 is 2.36 bits per heavy atom. The van der Waals surface area contributed by atoms with Crippen molar-refractivity contribution in [3.63, 3.8) is 0 Å². The van der Waals surface area contributed by atoms with Crippen LogP contribution in [0.5, 0.6) is 0 Å². The molecule has 0 radical (unpaired) electrons. The van der Waals surface area contributed by atoms with Crippen LogP contribution in [0.2, 0.25) is 0 Å². The molecule has 0 saturated carbocycles. The number of nitrogens with two attached hydrogens (primary N) is 1. The lowest BCUT2D eigenvalue weighted by Gasteiger charge is -2.42. The van der Waals surface area contributed by atoms with Crippen LogP contribution in [0.3, 0.4) is 0 Å². The largest absolute Gasteiger partial charge is 0.316 e. The number of hydrogen-bond donors (Lipinski definition) is 2. The van der Waals surface area contributed by atoms with Crippen LogP contribution in [-0.2, 0) is 10.2 Å². The lowest BCUT2D eigenvalue weighted by Crippen LogP contribution is -2.54. The molecule has 1 atom stereocenters. The first kappa shape index (κ1) is 11.9. The van der Waals surface area contributed by atoms with E-state index in [1.54, 1.807) is 0 Å². The monoisotopic (exact) mass is 221 g/mol. The SMILES string of the molecule is CC(CC1(C)CNC1)N(C)S(N)(=O)=O. The topological polar surface area (TPSA) is 75.4 Å². The fraction of sp³-hybridized carbons (Fsp3) is 1.00. The van der Waals surface area contributed by atoms with Crippen molar-refractivity contribution in [2.75, 3.05) is 20.1 Å². The second-order valence-electron chi connectivity index (χ2n) is 4.53. The van der Waals surface area contributed by atoms with Crippen molar-refractivity contribution in [2.45, 2.75) is 26.3 Å². The zero-order valence-corrected chi connectivity index (χ0v) is 9.76. The summed E-state index contributed by atoms with van der Waals surface area (Å²) in [4.78, 5) is 0. The fourth-order valence-corrected chi connectivity index (χ4v) is 2.36. The van der Waals surface area contributed by atoms with Crippen LogP contribution in [-0.4, -0.2) is 38.9 Å². The second kappa shape index (κ2) is 3.77. The van der Waals surface area contributed by atoms with E-state index in [0.29, 0.717) is 0 Å². The average Bonchev–Trinajstić information content (AvgIpc) is 1.98. The second-order valence-corrected chi connectivity index (χ2v) is 6.13. The summed E-state index contributed by atoms with van der Waals surface area (Å²) in [5.74, 6) is 0. The Morgan fingerprint density at radius 1 is 1.57 bits per heavy atom. The lowest BCUT2D eigenvalue weighted by atomic mass is 9.78. The molecule has 1 aliphatic rings. The molecule has 1 heterocycles. The first-order chi connectivity index (χ1) is 6.25. The molecule has 0 aromatic carbocycles. The smallest absolute Gasteiger partial charge is 0.276 e. The molecule has 0 amide bonds. The van der Waals surface area contributed by atoms with Gasteiger partial charge in [0.1, 0.15) is 0 Å². The van der Waals surface area contributed by atoms with E-state index in [4.69, 9.17) is 5.14 Å². The molecule has 5 nitrogen and oxygen atoms in total. The highest BCUT2D eigenvalue weighted by Gasteiger charge is 2.35. The van der Waals surface area contributed by atoms with Gasteiger partial charge in [-0.2, -0.15) is 12.7 Å². The van der Waals surface area contributed by atoms with E-state index in [1.807, 2.05) is 6.92 Å². The number of rotatable bonds is 4. The molecule has 6 heteroatoms. The van der Waals surface area contributed by atoms with Crippen molar-refractivity contribution in [2.24, 2.45) is 10.6 Å². The van der Waals surface area contributed by atoms with E-state index in [2.05, 4.69) is 12.2 Å². The quantitative estimate of drug-likeness (QED) is 0.672. The minimum absolute atomic E-state index is 0.0444. The molecule has 84 valence electrons. The molecule has 1 unspecified atom stereocenters. The predicted octanol–water partition coefficient (Wildman–Crippen LogP) is -0.490. The maximum absolute atomic E-state index is 11.1. The van der Waals surface area contributed by atoms with Crippen LogP contribution >= 0.6 is 0 Å². The zero-order chi connectivity index (χ0) is 11.0. The van der Waals surface area contributed by atoms with E-state index in [9.17, 15) is 8.42 Å². The molecule has 0 bridgehead atoms. The van der Waals surface area contributed by atoms with E-state index >= 15 is 0 Å². The summed E-state index contributed by atoms with van der Waals surface area (Å²) in [5.41, 5.74) is 0.221. The Hall–Kier alpha value is -0.170. The van der Waals surface area contributed by atoms with Crippen molar-refractivity contribution in [1.82, 2.24) is 9.62 Å². The van der Waals surface area contributed by atoms with Gasteiger partial charge in [-0.05, 0) is 18.8 Å². The lowest BCUT2D eigenvalue weighted by molar-refractivity contribution is 0.144. The first-order valence-corrected chi connectivity index (χ1v) is 6.21. The van der Waals surface area contributed by atoms with Gasteiger partial charge < -0.3 is 5.32 Å². The highest BCUT2D eigenvalue weighted by Crippen LogP contribution is 2.29. The van der Waals surface area contributed by atoms with Crippen LogP contribution < -0.4 is 10.5 Å². The van der Waals surface area contributed by atoms with E-state index in [-0.39, 0.29) is 11.5 Å². The first-order valence-electron chi connectivity index (χ1n) is 4.71. The number of hydrogen-bond acceptors (Lipinski definition) is 3. The van der Waals surface area contributed by atoms with Gasteiger partial charge in [0.15, 0.2) is 0 Å². The predicted molar refractivity (Wildman–Crippen MR) is 55.9 cm³/mol. The van der Waals surface area contributed by atoms with Gasteiger partial charge in [-0.25, -0.2) is 5.14 Å². The third-order valence-electron chi connectivity index (χ3n) is 2.91. The molecule has 14 heavy (non-hydrogen) atoms. The van der Waals surface area contributed by atoms with Crippen molar-refractivity contribution < 1.29 is 8.42 Å². The van der Waals surface area contributed by atoms with Crippen LogP contribution in [0, 0.1) is 5.41 Å². The summed E-state index contributed by atoms with van der Waals surface area (Å²) >= 11 is 0. The van der Waals surface area contributed by atoms with E-state index in [1.165, 1.54) is 11.4 Å². The maximum Gasteiger partial charge on any atom is 0.276 e. The van der Waals surface area contributed by atoms with Gasteiger partial charge in [0.25, 0.3) is 10.2 Å². The van der Waals surface area contributed by atoms with Crippen LogP contribution in [0.25, 0.3) is 0 Å². The van der Waals surface area contributed by atoms with E-state index in [0.717, 1.165) is 19.5 Å². The van der Waals surface area contributed by atoms with Gasteiger partial charge in [-0.1, -0.05) is 6.92 Å². The van der Waals surface area contributed by atoms with Gasteiger partial charge in [0, 0.05) is 26.2 Å². The van der Waals surface area contributed by atoms with Crippen molar-refractivity contribution in [3.8, 4) is 0 Å². The van der Waals surface area contributed by atoms with Crippen molar-refractivity contribution in [1.29, 1.82) is 0 Å². The molecule has 3 N–H and O–H groups in total. The molecular formula is C8H19N3O2S. The van der Waals surface area contributed by atoms with Crippen molar-refractivity contribution in [3.05, 3.63) is 0 Å². The molecule has 1 fully saturated rings. The zero-order valence-electron chi connectivity index (χ0n) is 8.95. The third-order valence-corrected chi connectivity index (χ3v) is 4.08. The minimum atomic E-state index is -3.55. The van der Waals surface area contributed by atoms with Crippen LogP contribution in [0.4, 0.5) is 0 Å². The Morgan fingerprint density at radius 2 is 2.07 bits per heavy atom. The minimum Gasteiger partial charge on any atom is -0.316 e. The summed E-state index contributed by atoms with van der Waals surface area (Å²) in [6, 6.07) is -0.0444. The van der Waals surface area contributed by atoms with Crippen LogP contribution in [0.1, 0.15) is 20.3 Å². The van der Waals surface area contributed by atoms with Gasteiger partial charge in [0.05, 0.1) is 0 Å². The van der Waals surface area contributed by atoms with Crippen molar-refractivity contribution >= 4 is 10.2 Å². The third kappa shape index (κ3) is 2.66. The highest BCUT2D eigenvalue weighted by molar-refractivity contribution is 7.86. The Balaban J connectivity index is 2.53. The molecule has 0 aromatic rings. The highest BCUT2D eigenvalue weighted by atomic mass is 32.2. The van der Waals surface area contributed by atoms with Gasteiger partial charge in [-0.3, -0.25) is 0 Å². The Labute approximate surface area is 85.8 Å². The van der Waals surface area contributed by atoms with E-state index < -0.39 is 10.2 Å². The normalized spacial score (nSPS) is 23.2.